The van der Waals surface area contributed by atoms with E-state index in [0.717, 1.165) is 42.1 Å². The summed E-state index contributed by atoms with van der Waals surface area (Å²) in [4.78, 5) is 12.0. The van der Waals surface area contributed by atoms with E-state index >= 15 is 0 Å². The van der Waals surface area contributed by atoms with E-state index in [4.69, 9.17) is 4.74 Å². The van der Waals surface area contributed by atoms with Crippen LogP contribution in [0, 0.1) is 0 Å². The predicted molar refractivity (Wildman–Crippen MR) is 72.7 cm³/mol. The summed E-state index contributed by atoms with van der Waals surface area (Å²) >= 11 is 0. The van der Waals surface area contributed by atoms with E-state index in [1.807, 2.05) is 18.2 Å². The van der Waals surface area contributed by atoms with Gasteiger partial charge in [-0.2, -0.15) is 0 Å². The van der Waals surface area contributed by atoms with Crippen LogP contribution in [-0.2, 0) is 10.3 Å². The maximum atomic E-state index is 12.0. The second kappa shape index (κ2) is 4.78. The first kappa shape index (κ1) is 12.6. The molecule has 92 valence electrons. The maximum Gasteiger partial charge on any atom is 0.340 e. The molecule has 2 rings (SSSR count). The first-order valence-electron chi connectivity index (χ1n) is 6.27. The minimum Gasteiger partial charge on any atom is -0.451 e. The lowest BCUT2D eigenvalue weighted by Gasteiger charge is -2.28. The number of carbonyl (C=O) groups is 1. The maximum absolute atomic E-state index is 12.0. The molecule has 0 saturated heterocycles. The van der Waals surface area contributed by atoms with Gasteiger partial charge in [0, 0.05) is 5.56 Å². The van der Waals surface area contributed by atoms with Crippen LogP contribution in [0.3, 0.4) is 0 Å². The highest BCUT2D eigenvalue weighted by molar-refractivity contribution is 7.27. The Morgan fingerprint density at radius 1 is 1.24 bits per heavy atom. The molecule has 3 heteroatoms. The number of carbonyl (C=O) groups excluding carboxylic acids is 1. The Morgan fingerprint density at radius 2 is 1.88 bits per heavy atom. The van der Waals surface area contributed by atoms with Gasteiger partial charge in [-0.3, -0.25) is 0 Å². The van der Waals surface area contributed by atoms with Gasteiger partial charge in [-0.15, -0.1) is 9.24 Å². The number of hydrogen-bond acceptors (Lipinski definition) is 2. The smallest absolute Gasteiger partial charge is 0.340 e. The van der Waals surface area contributed by atoms with Crippen LogP contribution in [0.15, 0.2) is 18.2 Å². The van der Waals surface area contributed by atoms with Gasteiger partial charge in [0.05, 0.1) is 5.56 Å². The summed E-state index contributed by atoms with van der Waals surface area (Å²) < 4.78 is 5.73. The Bertz CT molecular complexity index is 434. The van der Waals surface area contributed by atoms with Gasteiger partial charge in [-0.1, -0.05) is 44.9 Å². The van der Waals surface area contributed by atoms with E-state index in [0.29, 0.717) is 0 Å². The molecule has 0 fully saturated rings. The molecule has 0 spiro atoms. The van der Waals surface area contributed by atoms with Gasteiger partial charge in [-0.05, 0) is 18.1 Å². The SMILES string of the molecule is CCCC1(CCC)OC(=O)c2c(P)cccc21. The molecule has 0 radical (unpaired) electrons. The number of esters is 1. The van der Waals surface area contributed by atoms with Crippen LogP contribution in [0.1, 0.15) is 55.5 Å². The van der Waals surface area contributed by atoms with Gasteiger partial charge in [0.25, 0.3) is 0 Å². The van der Waals surface area contributed by atoms with Crippen LogP contribution in [0.25, 0.3) is 0 Å². The average Bonchev–Trinajstić information content (AvgIpc) is 2.55. The highest BCUT2D eigenvalue weighted by Gasteiger charge is 2.44. The van der Waals surface area contributed by atoms with E-state index in [1.54, 1.807) is 0 Å². The molecule has 0 aliphatic carbocycles. The highest BCUT2D eigenvalue weighted by atomic mass is 31.0. The summed E-state index contributed by atoms with van der Waals surface area (Å²) in [5, 5.41) is 0.946. The predicted octanol–water partition coefficient (Wildman–Crippen LogP) is 3.15. The van der Waals surface area contributed by atoms with Crippen molar-refractivity contribution in [1.82, 2.24) is 0 Å². The molecule has 1 aromatic rings. The van der Waals surface area contributed by atoms with Crippen LogP contribution in [0.4, 0.5) is 0 Å². The second-order valence-electron chi connectivity index (χ2n) is 4.65. The lowest BCUT2D eigenvalue weighted by Crippen LogP contribution is -2.25. The number of cyclic esters (lactones) is 1. The molecule has 1 aliphatic rings. The third kappa shape index (κ3) is 1.99. The standard InChI is InChI=1S/C14H19O2P/c1-3-8-14(9-4-2)10-6-5-7-11(17)12(10)13(15)16-14/h5-7H,3-4,8-9,17H2,1-2H3. The van der Waals surface area contributed by atoms with Gasteiger partial charge in [-0.25, -0.2) is 4.79 Å². The highest BCUT2D eigenvalue weighted by Crippen LogP contribution is 2.43. The average molecular weight is 250 g/mol. The minimum atomic E-state index is -0.373. The summed E-state index contributed by atoms with van der Waals surface area (Å²) in [5.41, 5.74) is 1.47. The second-order valence-corrected chi connectivity index (χ2v) is 5.28. The molecule has 1 atom stereocenters. The molecule has 0 saturated carbocycles. The zero-order chi connectivity index (χ0) is 12.5. The lowest BCUT2D eigenvalue weighted by molar-refractivity contribution is -0.0183. The fourth-order valence-corrected chi connectivity index (χ4v) is 3.15. The van der Waals surface area contributed by atoms with Crippen molar-refractivity contribution in [1.29, 1.82) is 0 Å². The third-order valence-electron chi connectivity index (χ3n) is 3.39. The summed E-state index contributed by atoms with van der Waals surface area (Å²) in [5.74, 6) is -0.160. The van der Waals surface area contributed by atoms with Crippen LogP contribution < -0.4 is 5.30 Å². The van der Waals surface area contributed by atoms with E-state index in [1.165, 1.54) is 0 Å². The number of rotatable bonds is 4. The Morgan fingerprint density at radius 3 is 2.47 bits per heavy atom. The quantitative estimate of drug-likeness (QED) is 0.606. The Balaban J connectivity index is 2.53. The molecule has 17 heavy (non-hydrogen) atoms. The summed E-state index contributed by atoms with van der Waals surface area (Å²) in [6.45, 7) is 4.27. The van der Waals surface area contributed by atoms with Crippen LogP contribution in [0.2, 0.25) is 0 Å². The summed E-state index contributed by atoms with van der Waals surface area (Å²) in [6.07, 6.45) is 3.86. The van der Waals surface area contributed by atoms with Crippen molar-refractivity contribution < 1.29 is 9.53 Å². The Kier molecular flexibility index (Phi) is 3.53. The molecule has 0 bridgehead atoms. The first-order valence-corrected chi connectivity index (χ1v) is 6.84. The zero-order valence-corrected chi connectivity index (χ0v) is 11.6. The van der Waals surface area contributed by atoms with Crippen LogP contribution >= 0.6 is 9.24 Å². The Labute approximate surface area is 105 Å². The molecule has 1 heterocycles. The van der Waals surface area contributed by atoms with Crippen molar-refractivity contribution in [2.75, 3.05) is 0 Å². The largest absolute Gasteiger partial charge is 0.451 e. The Hall–Kier alpha value is -0.880. The van der Waals surface area contributed by atoms with Crippen molar-refractivity contribution in [2.24, 2.45) is 0 Å². The van der Waals surface area contributed by atoms with Gasteiger partial charge < -0.3 is 4.74 Å². The van der Waals surface area contributed by atoms with E-state index in [9.17, 15) is 4.79 Å². The zero-order valence-electron chi connectivity index (χ0n) is 10.5. The van der Waals surface area contributed by atoms with E-state index < -0.39 is 0 Å². The fraction of sp³-hybridized carbons (Fsp3) is 0.500. The van der Waals surface area contributed by atoms with E-state index in [2.05, 4.69) is 23.1 Å². The molecular formula is C14H19O2P. The number of fused-ring (bicyclic) bond motifs is 1. The summed E-state index contributed by atoms with van der Waals surface area (Å²) in [7, 11) is 2.63. The van der Waals surface area contributed by atoms with Crippen molar-refractivity contribution in [3.63, 3.8) is 0 Å². The molecule has 2 nitrogen and oxygen atoms in total. The molecule has 0 amide bonds. The van der Waals surface area contributed by atoms with Crippen LogP contribution in [-0.4, -0.2) is 5.97 Å². The number of benzene rings is 1. The first-order chi connectivity index (χ1) is 8.14. The van der Waals surface area contributed by atoms with E-state index in [-0.39, 0.29) is 11.6 Å². The molecule has 1 aromatic carbocycles. The van der Waals surface area contributed by atoms with Crippen molar-refractivity contribution in [2.45, 2.75) is 45.1 Å². The van der Waals surface area contributed by atoms with Crippen molar-refractivity contribution in [3.8, 4) is 0 Å². The van der Waals surface area contributed by atoms with Gasteiger partial charge in [0.1, 0.15) is 5.60 Å². The molecule has 0 N–H and O–H groups in total. The fourth-order valence-electron chi connectivity index (χ4n) is 2.77. The topological polar surface area (TPSA) is 26.3 Å². The van der Waals surface area contributed by atoms with Gasteiger partial charge >= 0.3 is 5.97 Å². The molecular weight excluding hydrogens is 231 g/mol. The third-order valence-corrected chi connectivity index (χ3v) is 3.87. The van der Waals surface area contributed by atoms with Crippen LogP contribution in [0.5, 0.6) is 0 Å². The summed E-state index contributed by atoms with van der Waals surface area (Å²) in [6, 6.07) is 5.99. The number of hydrogen-bond donors (Lipinski definition) is 0. The minimum absolute atomic E-state index is 0.160. The monoisotopic (exact) mass is 250 g/mol. The molecule has 0 aromatic heterocycles. The van der Waals surface area contributed by atoms with Gasteiger partial charge in [0.2, 0.25) is 0 Å². The van der Waals surface area contributed by atoms with Crippen molar-refractivity contribution in [3.05, 3.63) is 29.3 Å². The lowest BCUT2D eigenvalue weighted by atomic mass is 9.84. The normalized spacial score (nSPS) is 16.8. The van der Waals surface area contributed by atoms with Gasteiger partial charge in [0.15, 0.2) is 0 Å². The molecule has 1 aliphatic heterocycles. The number of ether oxygens (including phenoxy) is 1. The van der Waals surface area contributed by atoms with Crippen molar-refractivity contribution >= 4 is 20.5 Å². The molecule has 1 unspecified atom stereocenters.